The summed E-state index contributed by atoms with van der Waals surface area (Å²) in [6.45, 7) is 0. The van der Waals surface area contributed by atoms with Crippen molar-refractivity contribution in [3.8, 4) is 0 Å². The molecule has 1 heterocycles. The Morgan fingerprint density at radius 1 is 1.21 bits per heavy atom. The molecule has 0 aromatic carbocycles. The summed E-state index contributed by atoms with van der Waals surface area (Å²) in [4.78, 5) is 0. The van der Waals surface area contributed by atoms with Crippen molar-refractivity contribution in [1.29, 1.82) is 0 Å². The van der Waals surface area contributed by atoms with Gasteiger partial charge in [-0.3, -0.25) is 0 Å². The van der Waals surface area contributed by atoms with E-state index >= 15 is 0 Å². The summed E-state index contributed by atoms with van der Waals surface area (Å²) < 4.78 is 22.4. The number of hydrogen-bond donors (Lipinski definition) is 1. The van der Waals surface area contributed by atoms with Gasteiger partial charge in [-0.2, -0.15) is 0 Å². The lowest BCUT2D eigenvalue weighted by atomic mass is 9.73. The summed E-state index contributed by atoms with van der Waals surface area (Å²) in [6.07, 6.45) is 5.28. The molecule has 14 heavy (non-hydrogen) atoms. The minimum absolute atomic E-state index is 0.327. The molecule has 0 aromatic heterocycles. The van der Waals surface area contributed by atoms with E-state index in [4.69, 9.17) is 0 Å². The maximum absolute atomic E-state index is 11.2. The maximum Gasteiger partial charge on any atom is 0.150 e. The third-order valence-corrected chi connectivity index (χ3v) is 5.34. The second-order valence-corrected chi connectivity index (χ2v) is 7.18. The Balaban J connectivity index is 1.84. The van der Waals surface area contributed by atoms with Crippen LogP contribution in [-0.2, 0) is 9.84 Å². The average molecular weight is 218 g/mol. The van der Waals surface area contributed by atoms with Crippen LogP contribution in [0.2, 0.25) is 0 Å². The Bertz CT molecular complexity index is 289. The van der Waals surface area contributed by atoms with Crippen LogP contribution in [0.3, 0.4) is 0 Å². The molecule has 1 N–H and O–H groups in total. The van der Waals surface area contributed by atoms with E-state index < -0.39 is 15.4 Å². The molecular weight excluding hydrogens is 200 g/mol. The Kier molecular flexibility index (Phi) is 2.60. The molecule has 0 atom stereocenters. The van der Waals surface area contributed by atoms with Crippen molar-refractivity contribution in [3.63, 3.8) is 0 Å². The first-order valence-corrected chi connectivity index (χ1v) is 7.24. The number of hydrogen-bond acceptors (Lipinski definition) is 3. The van der Waals surface area contributed by atoms with E-state index in [0.29, 0.717) is 17.4 Å². The summed E-state index contributed by atoms with van der Waals surface area (Å²) in [5.41, 5.74) is -0.439. The largest absolute Gasteiger partial charge is 0.390 e. The molecule has 0 bridgehead atoms. The van der Waals surface area contributed by atoms with Gasteiger partial charge in [-0.25, -0.2) is 8.42 Å². The van der Waals surface area contributed by atoms with E-state index in [2.05, 4.69) is 0 Å². The van der Waals surface area contributed by atoms with Crippen molar-refractivity contribution in [2.24, 2.45) is 5.92 Å². The highest BCUT2D eigenvalue weighted by Gasteiger charge is 2.37. The molecule has 0 spiro atoms. The Labute approximate surface area is 85.4 Å². The third-order valence-electron chi connectivity index (χ3n) is 3.63. The van der Waals surface area contributed by atoms with Crippen molar-refractivity contribution in [1.82, 2.24) is 0 Å². The topological polar surface area (TPSA) is 54.4 Å². The standard InChI is InChI=1S/C10H18O3S/c11-10(4-1-5-10)8-9-2-6-14(12,13)7-3-9/h9,11H,1-8H2. The van der Waals surface area contributed by atoms with Gasteiger partial charge in [0.15, 0.2) is 0 Å². The van der Waals surface area contributed by atoms with Crippen molar-refractivity contribution >= 4 is 9.84 Å². The van der Waals surface area contributed by atoms with Crippen molar-refractivity contribution in [2.75, 3.05) is 11.5 Å². The highest BCUT2D eigenvalue weighted by Crippen LogP contribution is 2.39. The first kappa shape index (κ1) is 10.4. The van der Waals surface area contributed by atoms with Gasteiger partial charge < -0.3 is 5.11 Å². The van der Waals surface area contributed by atoms with Gasteiger partial charge in [0, 0.05) is 0 Å². The maximum atomic E-state index is 11.2. The van der Waals surface area contributed by atoms with Crippen molar-refractivity contribution in [2.45, 2.75) is 44.1 Å². The van der Waals surface area contributed by atoms with E-state index in [1.807, 2.05) is 0 Å². The summed E-state index contributed by atoms with van der Waals surface area (Å²) in [5, 5.41) is 9.94. The molecule has 0 amide bonds. The second-order valence-electron chi connectivity index (χ2n) is 4.88. The summed E-state index contributed by atoms with van der Waals surface area (Å²) in [6, 6.07) is 0. The molecule has 1 aliphatic carbocycles. The predicted molar refractivity (Wildman–Crippen MR) is 54.8 cm³/mol. The van der Waals surface area contributed by atoms with Crippen LogP contribution < -0.4 is 0 Å². The zero-order valence-electron chi connectivity index (χ0n) is 8.41. The van der Waals surface area contributed by atoms with Gasteiger partial charge in [0.05, 0.1) is 17.1 Å². The first-order valence-electron chi connectivity index (χ1n) is 5.42. The van der Waals surface area contributed by atoms with E-state index in [-0.39, 0.29) is 0 Å². The zero-order valence-corrected chi connectivity index (χ0v) is 9.22. The Morgan fingerprint density at radius 2 is 1.79 bits per heavy atom. The molecule has 0 radical (unpaired) electrons. The fraction of sp³-hybridized carbons (Fsp3) is 1.00. The number of rotatable bonds is 2. The lowest BCUT2D eigenvalue weighted by molar-refractivity contribution is -0.0535. The van der Waals surface area contributed by atoms with E-state index in [0.717, 1.165) is 38.5 Å². The van der Waals surface area contributed by atoms with Crippen molar-refractivity contribution in [3.05, 3.63) is 0 Å². The van der Waals surface area contributed by atoms with Gasteiger partial charge in [0.25, 0.3) is 0 Å². The molecule has 0 aromatic rings. The van der Waals surface area contributed by atoms with E-state index in [1.54, 1.807) is 0 Å². The van der Waals surface area contributed by atoms with Gasteiger partial charge in [-0.15, -0.1) is 0 Å². The highest BCUT2D eigenvalue weighted by atomic mass is 32.2. The lowest BCUT2D eigenvalue weighted by Gasteiger charge is -2.40. The summed E-state index contributed by atoms with van der Waals surface area (Å²) in [5.74, 6) is 1.09. The van der Waals surface area contributed by atoms with Gasteiger partial charge in [-0.05, 0) is 44.4 Å². The van der Waals surface area contributed by atoms with Gasteiger partial charge in [0.2, 0.25) is 0 Å². The van der Waals surface area contributed by atoms with Gasteiger partial charge in [-0.1, -0.05) is 0 Å². The monoisotopic (exact) mass is 218 g/mol. The van der Waals surface area contributed by atoms with Gasteiger partial charge in [0.1, 0.15) is 9.84 Å². The van der Waals surface area contributed by atoms with Crippen LogP contribution in [0.15, 0.2) is 0 Å². The van der Waals surface area contributed by atoms with Crippen LogP contribution in [0.4, 0.5) is 0 Å². The summed E-state index contributed by atoms with van der Waals surface area (Å²) >= 11 is 0. The molecular formula is C10H18O3S. The SMILES string of the molecule is O=S1(=O)CCC(CC2(O)CCC2)CC1. The van der Waals surface area contributed by atoms with Crippen LogP contribution in [0, 0.1) is 5.92 Å². The van der Waals surface area contributed by atoms with E-state index in [9.17, 15) is 13.5 Å². The van der Waals surface area contributed by atoms with Crippen molar-refractivity contribution < 1.29 is 13.5 Å². The third kappa shape index (κ3) is 2.28. The normalized spacial score (nSPS) is 30.9. The zero-order chi connectivity index (χ0) is 10.2. The van der Waals surface area contributed by atoms with Crippen LogP contribution in [0.1, 0.15) is 38.5 Å². The molecule has 2 rings (SSSR count). The fourth-order valence-electron chi connectivity index (χ4n) is 2.47. The van der Waals surface area contributed by atoms with Crippen LogP contribution in [0.5, 0.6) is 0 Å². The smallest absolute Gasteiger partial charge is 0.150 e. The second kappa shape index (κ2) is 3.49. The average Bonchev–Trinajstić information content (AvgIpc) is 2.06. The Hall–Kier alpha value is -0.0900. The lowest BCUT2D eigenvalue weighted by Crippen LogP contribution is -2.40. The number of sulfone groups is 1. The molecule has 82 valence electrons. The quantitative estimate of drug-likeness (QED) is 0.755. The summed E-state index contributed by atoms with van der Waals surface area (Å²) in [7, 11) is -2.74. The highest BCUT2D eigenvalue weighted by molar-refractivity contribution is 7.91. The molecule has 1 saturated heterocycles. The molecule has 2 aliphatic rings. The van der Waals surface area contributed by atoms with E-state index in [1.165, 1.54) is 0 Å². The molecule has 1 aliphatic heterocycles. The fourth-order valence-corrected chi connectivity index (χ4v) is 4.06. The minimum atomic E-state index is -2.74. The molecule has 0 unspecified atom stereocenters. The first-order chi connectivity index (χ1) is 6.49. The molecule has 4 heteroatoms. The number of aliphatic hydroxyl groups is 1. The minimum Gasteiger partial charge on any atom is -0.390 e. The molecule has 1 saturated carbocycles. The van der Waals surface area contributed by atoms with Crippen LogP contribution >= 0.6 is 0 Å². The van der Waals surface area contributed by atoms with Crippen LogP contribution in [-0.4, -0.2) is 30.6 Å². The molecule has 2 fully saturated rings. The predicted octanol–water partition coefficient (Wildman–Crippen LogP) is 1.12. The Morgan fingerprint density at radius 3 is 2.21 bits per heavy atom. The molecule has 3 nitrogen and oxygen atoms in total. The van der Waals surface area contributed by atoms with Gasteiger partial charge >= 0.3 is 0 Å². The van der Waals surface area contributed by atoms with Crippen LogP contribution in [0.25, 0.3) is 0 Å².